The Hall–Kier alpha value is -1.49. The minimum Gasteiger partial charge on any atom is -0.393 e. The summed E-state index contributed by atoms with van der Waals surface area (Å²) in [5, 5.41) is 2.98. The summed E-state index contributed by atoms with van der Waals surface area (Å²) in [6.45, 7) is 1.87. The number of nitrogens with one attached hydrogen (secondary N) is 1. The molecule has 1 aliphatic rings. The molecule has 3 N–H and O–H groups in total. The van der Waals surface area contributed by atoms with Crippen molar-refractivity contribution in [3.05, 3.63) is 29.6 Å². The molecule has 2 unspecified atom stereocenters. The molecule has 96 valence electrons. The maximum absolute atomic E-state index is 12.1. The van der Waals surface area contributed by atoms with E-state index in [-0.39, 0.29) is 17.9 Å². The summed E-state index contributed by atoms with van der Waals surface area (Å²) in [6.07, 6.45) is 2.94. The highest BCUT2D eigenvalue weighted by molar-refractivity contribution is 7.80. The average molecular weight is 263 g/mol. The smallest absolute Gasteiger partial charge is 0.270 e. The van der Waals surface area contributed by atoms with Crippen molar-refractivity contribution in [3.8, 4) is 0 Å². The molecule has 1 fully saturated rings. The van der Waals surface area contributed by atoms with E-state index in [1.807, 2.05) is 19.1 Å². The number of carbonyl (C=O) groups excluding carboxylic acids is 1. The Morgan fingerprint density at radius 1 is 1.50 bits per heavy atom. The van der Waals surface area contributed by atoms with Crippen LogP contribution in [0, 0.1) is 12.8 Å². The van der Waals surface area contributed by atoms with E-state index in [0.717, 1.165) is 25.0 Å². The van der Waals surface area contributed by atoms with E-state index in [1.54, 1.807) is 6.07 Å². The van der Waals surface area contributed by atoms with Gasteiger partial charge in [-0.3, -0.25) is 4.79 Å². The van der Waals surface area contributed by atoms with Gasteiger partial charge in [0.25, 0.3) is 5.91 Å². The minimum atomic E-state index is -0.146. The molecule has 0 radical (unpaired) electrons. The molecule has 0 aromatic carbocycles. The van der Waals surface area contributed by atoms with Gasteiger partial charge in [-0.15, -0.1) is 0 Å². The van der Waals surface area contributed by atoms with Crippen LogP contribution in [0.25, 0.3) is 0 Å². The van der Waals surface area contributed by atoms with Gasteiger partial charge >= 0.3 is 0 Å². The largest absolute Gasteiger partial charge is 0.393 e. The normalized spacial score (nSPS) is 22.7. The SMILES string of the molecule is Cc1cccc(C(=O)NC2CCCC2C(N)=S)n1. The van der Waals surface area contributed by atoms with Gasteiger partial charge in [-0.05, 0) is 31.9 Å². The molecule has 0 saturated heterocycles. The first-order valence-corrected chi connectivity index (χ1v) is 6.52. The third kappa shape index (κ3) is 2.85. The van der Waals surface area contributed by atoms with Crippen LogP contribution in [0.1, 0.15) is 35.4 Å². The quantitative estimate of drug-likeness (QED) is 0.812. The number of thiocarbonyl (C=S) groups is 1. The monoisotopic (exact) mass is 263 g/mol. The van der Waals surface area contributed by atoms with Gasteiger partial charge in [0, 0.05) is 17.7 Å². The number of nitrogens with zero attached hydrogens (tertiary/aromatic N) is 1. The summed E-state index contributed by atoms with van der Waals surface area (Å²) in [5.74, 6) is -0.0272. The molecule has 2 rings (SSSR count). The second-order valence-electron chi connectivity index (χ2n) is 4.68. The molecule has 1 aromatic rings. The first kappa shape index (κ1) is 13.0. The lowest BCUT2D eigenvalue weighted by Gasteiger charge is -2.19. The summed E-state index contributed by atoms with van der Waals surface area (Å²) in [4.78, 5) is 16.8. The maximum Gasteiger partial charge on any atom is 0.270 e. The topological polar surface area (TPSA) is 68.0 Å². The number of aromatic nitrogens is 1. The molecule has 4 nitrogen and oxygen atoms in total. The number of nitrogens with two attached hydrogens (primary N) is 1. The number of rotatable bonds is 3. The zero-order chi connectivity index (χ0) is 13.1. The van der Waals surface area contributed by atoms with E-state index in [9.17, 15) is 4.79 Å². The first-order valence-electron chi connectivity index (χ1n) is 6.12. The summed E-state index contributed by atoms with van der Waals surface area (Å²) >= 11 is 5.03. The summed E-state index contributed by atoms with van der Waals surface area (Å²) in [7, 11) is 0. The lowest BCUT2D eigenvalue weighted by atomic mass is 10.0. The fourth-order valence-electron chi connectivity index (χ4n) is 2.39. The van der Waals surface area contributed by atoms with E-state index in [0.29, 0.717) is 10.7 Å². The number of pyridine rings is 1. The van der Waals surface area contributed by atoms with Crippen LogP contribution < -0.4 is 11.1 Å². The van der Waals surface area contributed by atoms with Gasteiger partial charge in [0.15, 0.2) is 0 Å². The molecule has 1 amide bonds. The lowest BCUT2D eigenvalue weighted by molar-refractivity contribution is 0.0928. The summed E-state index contributed by atoms with van der Waals surface area (Å²) in [6, 6.07) is 5.46. The van der Waals surface area contributed by atoms with E-state index in [1.165, 1.54) is 0 Å². The molecule has 1 saturated carbocycles. The number of carbonyl (C=O) groups is 1. The molecule has 0 spiro atoms. The van der Waals surface area contributed by atoms with Crippen molar-refractivity contribution in [3.63, 3.8) is 0 Å². The second kappa shape index (κ2) is 5.44. The molecule has 2 atom stereocenters. The molecule has 1 heterocycles. The predicted octanol–water partition coefficient (Wildman–Crippen LogP) is 1.57. The zero-order valence-electron chi connectivity index (χ0n) is 10.3. The van der Waals surface area contributed by atoms with Crippen LogP contribution in [0.15, 0.2) is 18.2 Å². The highest BCUT2D eigenvalue weighted by atomic mass is 32.1. The molecule has 5 heteroatoms. The Labute approximate surface area is 112 Å². The summed E-state index contributed by atoms with van der Waals surface area (Å²) < 4.78 is 0. The molecular weight excluding hydrogens is 246 g/mol. The Morgan fingerprint density at radius 3 is 2.94 bits per heavy atom. The molecule has 0 bridgehead atoms. The van der Waals surface area contributed by atoms with Crippen LogP contribution >= 0.6 is 12.2 Å². The predicted molar refractivity (Wildman–Crippen MR) is 74.4 cm³/mol. The molecule has 0 aliphatic heterocycles. The number of aryl methyl sites for hydroxylation is 1. The van der Waals surface area contributed by atoms with Gasteiger partial charge in [0.2, 0.25) is 0 Å². The van der Waals surface area contributed by atoms with Gasteiger partial charge in [-0.2, -0.15) is 0 Å². The van der Waals surface area contributed by atoms with Crippen LogP contribution in [-0.4, -0.2) is 21.9 Å². The average Bonchev–Trinajstić information content (AvgIpc) is 2.77. The first-order chi connectivity index (χ1) is 8.58. The van der Waals surface area contributed by atoms with Crippen molar-refractivity contribution in [2.75, 3.05) is 0 Å². The third-order valence-corrected chi connectivity index (χ3v) is 3.62. The van der Waals surface area contributed by atoms with Crippen molar-refractivity contribution in [2.24, 2.45) is 11.7 Å². The lowest BCUT2D eigenvalue weighted by Crippen LogP contribution is -2.42. The van der Waals surface area contributed by atoms with Gasteiger partial charge < -0.3 is 11.1 Å². The van der Waals surface area contributed by atoms with Crippen molar-refractivity contribution >= 4 is 23.1 Å². The molecular formula is C13H17N3OS. The standard InChI is InChI=1S/C13H17N3OS/c1-8-4-2-7-11(15-8)13(17)16-10-6-3-5-9(10)12(14)18/h2,4,7,9-10H,3,5-6H2,1H3,(H2,14,18)(H,16,17). The number of hydrogen-bond acceptors (Lipinski definition) is 3. The third-order valence-electron chi connectivity index (χ3n) is 3.32. The Morgan fingerprint density at radius 2 is 2.28 bits per heavy atom. The zero-order valence-corrected chi connectivity index (χ0v) is 11.2. The summed E-state index contributed by atoms with van der Waals surface area (Å²) in [5.41, 5.74) is 6.97. The highest BCUT2D eigenvalue weighted by Crippen LogP contribution is 2.26. The van der Waals surface area contributed by atoms with Crippen molar-refractivity contribution in [1.82, 2.24) is 10.3 Å². The van der Waals surface area contributed by atoms with E-state index >= 15 is 0 Å². The fraction of sp³-hybridized carbons (Fsp3) is 0.462. The number of amides is 1. The molecule has 1 aromatic heterocycles. The van der Waals surface area contributed by atoms with Crippen molar-refractivity contribution in [2.45, 2.75) is 32.2 Å². The Bertz CT molecular complexity index is 475. The maximum atomic E-state index is 12.1. The van der Waals surface area contributed by atoms with Crippen LogP contribution in [-0.2, 0) is 0 Å². The van der Waals surface area contributed by atoms with Crippen LogP contribution in [0.3, 0.4) is 0 Å². The van der Waals surface area contributed by atoms with Gasteiger partial charge in [0.1, 0.15) is 5.69 Å². The number of hydrogen-bond donors (Lipinski definition) is 2. The Balaban J connectivity index is 2.05. The fourth-order valence-corrected chi connectivity index (χ4v) is 2.67. The van der Waals surface area contributed by atoms with Crippen molar-refractivity contribution < 1.29 is 4.79 Å². The Kier molecular flexibility index (Phi) is 3.91. The van der Waals surface area contributed by atoms with Gasteiger partial charge in [0.05, 0.1) is 4.99 Å². The molecule has 1 aliphatic carbocycles. The molecule has 18 heavy (non-hydrogen) atoms. The van der Waals surface area contributed by atoms with E-state index in [4.69, 9.17) is 18.0 Å². The second-order valence-corrected chi connectivity index (χ2v) is 5.16. The minimum absolute atomic E-state index is 0.0531. The van der Waals surface area contributed by atoms with Crippen LogP contribution in [0.5, 0.6) is 0 Å². The highest BCUT2D eigenvalue weighted by Gasteiger charge is 2.30. The van der Waals surface area contributed by atoms with Crippen LogP contribution in [0.2, 0.25) is 0 Å². The van der Waals surface area contributed by atoms with E-state index in [2.05, 4.69) is 10.3 Å². The van der Waals surface area contributed by atoms with E-state index < -0.39 is 0 Å². The van der Waals surface area contributed by atoms with Gasteiger partial charge in [-0.1, -0.05) is 24.7 Å². The van der Waals surface area contributed by atoms with Crippen LogP contribution in [0.4, 0.5) is 0 Å². The van der Waals surface area contributed by atoms with Crippen molar-refractivity contribution in [1.29, 1.82) is 0 Å². The van der Waals surface area contributed by atoms with Gasteiger partial charge in [-0.25, -0.2) is 4.98 Å².